The Morgan fingerprint density at radius 3 is 2.90 bits per heavy atom. The van der Waals surface area contributed by atoms with Crippen molar-refractivity contribution in [1.82, 2.24) is 0 Å². The van der Waals surface area contributed by atoms with E-state index in [1.165, 1.54) is 0 Å². The Bertz CT molecular complexity index is 517. The van der Waals surface area contributed by atoms with Gasteiger partial charge in [-0.3, -0.25) is 0 Å². The Morgan fingerprint density at radius 2 is 2.19 bits per heavy atom. The summed E-state index contributed by atoms with van der Waals surface area (Å²) in [6.07, 6.45) is 1.10. The fraction of sp³-hybridized carbons (Fsp3) is 0.562. The van der Waals surface area contributed by atoms with Gasteiger partial charge in [0.25, 0.3) is 0 Å². The van der Waals surface area contributed by atoms with Gasteiger partial charge in [0.1, 0.15) is 0 Å². The van der Waals surface area contributed by atoms with E-state index in [2.05, 4.69) is 18.7 Å². The van der Waals surface area contributed by atoms with Gasteiger partial charge in [-0.25, -0.2) is 4.79 Å². The highest BCUT2D eigenvalue weighted by Gasteiger charge is 2.25. The van der Waals surface area contributed by atoms with Gasteiger partial charge in [0.05, 0.1) is 23.5 Å². The molecule has 1 aromatic rings. The van der Waals surface area contributed by atoms with Gasteiger partial charge in [-0.1, -0.05) is 13.8 Å². The fourth-order valence-electron chi connectivity index (χ4n) is 2.42. The highest BCUT2D eigenvalue weighted by molar-refractivity contribution is 8.00. The van der Waals surface area contributed by atoms with Crippen molar-refractivity contribution in [2.75, 3.05) is 36.1 Å². The van der Waals surface area contributed by atoms with Crippen LogP contribution in [0.3, 0.4) is 0 Å². The van der Waals surface area contributed by atoms with Gasteiger partial charge in [-0.05, 0) is 31.5 Å². The van der Waals surface area contributed by atoms with Crippen LogP contribution in [0.4, 0.5) is 11.4 Å². The van der Waals surface area contributed by atoms with E-state index in [1.807, 2.05) is 24.8 Å². The molecule has 4 nitrogen and oxygen atoms in total. The molecule has 0 unspecified atom stereocenters. The Kier molecular flexibility index (Phi) is 5.04. The molecule has 0 aliphatic carbocycles. The second-order valence-corrected chi connectivity index (χ2v) is 7.64. The van der Waals surface area contributed by atoms with Crippen LogP contribution in [-0.2, 0) is 4.74 Å². The second kappa shape index (κ2) is 6.60. The number of rotatable bonds is 3. The summed E-state index contributed by atoms with van der Waals surface area (Å²) in [6.45, 7) is 8.65. The number of anilines is 2. The maximum absolute atomic E-state index is 11.9. The van der Waals surface area contributed by atoms with E-state index in [9.17, 15) is 4.79 Å². The molecule has 0 amide bonds. The first kappa shape index (κ1) is 16.0. The molecule has 116 valence electrons. The fourth-order valence-corrected chi connectivity index (χ4v) is 3.52. The van der Waals surface area contributed by atoms with E-state index in [4.69, 9.17) is 10.5 Å². The van der Waals surface area contributed by atoms with Crippen molar-refractivity contribution in [3.8, 4) is 0 Å². The van der Waals surface area contributed by atoms with Crippen molar-refractivity contribution in [3.63, 3.8) is 0 Å². The minimum Gasteiger partial charge on any atom is -0.462 e. The highest BCUT2D eigenvalue weighted by Crippen LogP contribution is 2.34. The van der Waals surface area contributed by atoms with Crippen LogP contribution in [-0.4, -0.2) is 36.2 Å². The summed E-state index contributed by atoms with van der Waals surface area (Å²) in [4.78, 5) is 14.2. The van der Waals surface area contributed by atoms with E-state index >= 15 is 0 Å². The van der Waals surface area contributed by atoms with Crippen molar-refractivity contribution >= 4 is 29.1 Å². The molecule has 1 fully saturated rings. The van der Waals surface area contributed by atoms with Crippen molar-refractivity contribution in [1.29, 1.82) is 0 Å². The number of hydrogen-bond acceptors (Lipinski definition) is 5. The molecule has 1 aliphatic heterocycles. The zero-order chi connectivity index (χ0) is 15.5. The SMILES string of the molecule is CCOC(=O)c1ccc(N)c(N2CCSC(C)(C)CC2)c1. The Balaban J connectivity index is 2.22. The molecule has 5 heteroatoms. The molecule has 0 radical (unpaired) electrons. The maximum Gasteiger partial charge on any atom is 0.338 e. The summed E-state index contributed by atoms with van der Waals surface area (Å²) in [5.41, 5.74) is 8.34. The van der Waals surface area contributed by atoms with Gasteiger partial charge in [-0.15, -0.1) is 0 Å². The summed E-state index contributed by atoms with van der Waals surface area (Å²) in [5, 5.41) is 0. The minimum absolute atomic E-state index is 0.289. The predicted molar refractivity (Wildman–Crippen MR) is 90.2 cm³/mol. The van der Waals surface area contributed by atoms with Crippen LogP contribution in [0, 0.1) is 0 Å². The molecule has 0 atom stereocenters. The lowest BCUT2D eigenvalue weighted by molar-refractivity contribution is 0.0526. The number of carbonyl (C=O) groups is 1. The number of hydrogen-bond donors (Lipinski definition) is 1. The number of carbonyl (C=O) groups excluding carboxylic acids is 1. The van der Waals surface area contributed by atoms with Gasteiger partial charge in [0.2, 0.25) is 0 Å². The number of ether oxygens (including phenoxy) is 1. The monoisotopic (exact) mass is 308 g/mol. The van der Waals surface area contributed by atoms with Gasteiger partial charge in [0, 0.05) is 23.6 Å². The lowest BCUT2D eigenvalue weighted by Crippen LogP contribution is -2.28. The van der Waals surface area contributed by atoms with Crippen LogP contribution in [0.5, 0.6) is 0 Å². The number of nitrogen functional groups attached to an aromatic ring is 1. The number of esters is 1. The van der Waals surface area contributed by atoms with Gasteiger partial charge in [0.15, 0.2) is 0 Å². The molecule has 1 heterocycles. The number of nitrogens with zero attached hydrogens (tertiary/aromatic N) is 1. The lowest BCUT2D eigenvalue weighted by atomic mass is 10.1. The molecule has 2 rings (SSSR count). The molecule has 1 aliphatic rings. The molecule has 2 N–H and O–H groups in total. The first-order chi connectivity index (χ1) is 9.93. The number of benzene rings is 1. The molecule has 0 aromatic heterocycles. The van der Waals surface area contributed by atoms with Crippen LogP contribution in [0.15, 0.2) is 18.2 Å². The quantitative estimate of drug-likeness (QED) is 0.686. The smallest absolute Gasteiger partial charge is 0.338 e. The first-order valence-electron chi connectivity index (χ1n) is 7.38. The maximum atomic E-state index is 11.9. The van der Waals surface area contributed by atoms with E-state index in [0.29, 0.717) is 22.6 Å². The van der Waals surface area contributed by atoms with Crippen LogP contribution in [0.2, 0.25) is 0 Å². The first-order valence-corrected chi connectivity index (χ1v) is 8.37. The van der Waals surface area contributed by atoms with E-state index < -0.39 is 0 Å². The summed E-state index contributed by atoms with van der Waals surface area (Å²) in [5.74, 6) is 0.777. The molecule has 21 heavy (non-hydrogen) atoms. The van der Waals surface area contributed by atoms with Crippen molar-refractivity contribution in [3.05, 3.63) is 23.8 Å². The third kappa shape index (κ3) is 4.06. The van der Waals surface area contributed by atoms with Crippen LogP contribution < -0.4 is 10.6 Å². The summed E-state index contributed by atoms with van der Waals surface area (Å²) in [7, 11) is 0. The Morgan fingerprint density at radius 1 is 1.43 bits per heavy atom. The molecular weight excluding hydrogens is 284 g/mol. The summed E-state index contributed by atoms with van der Waals surface area (Å²) in [6, 6.07) is 5.38. The predicted octanol–water partition coefficient (Wildman–Crippen LogP) is 3.17. The van der Waals surface area contributed by atoms with Crippen LogP contribution in [0.1, 0.15) is 37.6 Å². The van der Waals surface area contributed by atoms with Crippen LogP contribution >= 0.6 is 11.8 Å². The molecule has 1 aromatic carbocycles. The number of thioether (sulfide) groups is 1. The molecule has 0 bridgehead atoms. The van der Waals surface area contributed by atoms with Crippen molar-refractivity contribution < 1.29 is 9.53 Å². The average Bonchev–Trinajstić information content (AvgIpc) is 2.60. The summed E-state index contributed by atoms with van der Waals surface area (Å²) < 4.78 is 5.36. The van der Waals surface area contributed by atoms with E-state index in [1.54, 1.807) is 12.1 Å². The van der Waals surface area contributed by atoms with Gasteiger partial charge >= 0.3 is 5.97 Å². The standard InChI is InChI=1S/C16H24N2O2S/c1-4-20-15(19)12-5-6-13(17)14(11-12)18-8-7-16(2,3)21-10-9-18/h5-6,11H,4,7-10,17H2,1-3H3. The average molecular weight is 308 g/mol. The number of nitrogens with two attached hydrogens (primary N) is 1. The molecule has 0 spiro atoms. The van der Waals surface area contributed by atoms with Crippen molar-refractivity contribution in [2.45, 2.75) is 31.9 Å². The minimum atomic E-state index is -0.289. The largest absolute Gasteiger partial charge is 0.462 e. The molecular formula is C16H24N2O2S. The topological polar surface area (TPSA) is 55.6 Å². The summed E-state index contributed by atoms with van der Waals surface area (Å²) >= 11 is 1.99. The molecule has 0 saturated carbocycles. The Labute approximate surface area is 131 Å². The Hall–Kier alpha value is -1.36. The zero-order valence-electron chi connectivity index (χ0n) is 13.0. The van der Waals surface area contributed by atoms with E-state index in [-0.39, 0.29) is 5.97 Å². The second-order valence-electron chi connectivity index (χ2n) is 5.84. The highest BCUT2D eigenvalue weighted by atomic mass is 32.2. The normalized spacial score (nSPS) is 18.1. The zero-order valence-corrected chi connectivity index (χ0v) is 13.8. The van der Waals surface area contributed by atoms with Crippen LogP contribution in [0.25, 0.3) is 0 Å². The third-order valence-electron chi connectivity index (χ3n) is 3.72. The van der Waals surface area contributed by atoms with Gasteiger partial charge in [-0.2, -0.15) is 11.8 Å². The molecule has 1 saturated heterocycles. The van der Waals surface area contributed by atoms with E-state index in [0.717, 1.165) is 31.0 Å². The third-order valence-corrected chi connectivity index (χ3v) is 5.09. The van der Waals surface area contributed by atoms with Gasteiger partial charge < -0.3 is 15.4 Å². The lowest BCUT2D eigenvalue weighted by Gasteiger charge is -2.25. The van der Waals surface area contributed by atoms with Crippen molar-refractivity contribution in [2.24, 2.45) is 0 Å².